The maximum atomic E-state index is 14.3. The number of alkyl halides is 6. The lowest BCUT2D eigenvalue weighted by molar-refractivity contribution is -0.197. The average Bonchev–Trinajstić information content (AvgIpc) is 3.34. The molecule has 0 spiro atoms. The van der Waals surface area contributed by atoms with E-state index in [2.05, 4.69) is 16.0 Å². The normalized spacial score (nSPS) is 24.5. The van der Waals surface area contributed by atoms with E-state index in [0.29, 0.717) is 43.5 Å². The molecule has 4 amide bonds. The van der Waals surface area contributed by atoms with Crippen LogP contribution in [0.25, 0.3) is 0 Å². The lowest BCUT2D eigenvalue weighted by Gasteiger charge is -2.42. The quantitative estimate of drug-likeness (QED) is 0.159. The van der Waals surface area contributed by atoms with Crippen molar-refractivity contribution < 1.29 is 50.3 Å². The lowest BCUT2D eigenvalue weighted by Crippen LogP contribution is -2.60. The Kier molecular flexibility index (Phi) is 12.9. The first-order chi connectivity index (χ1) is 27.8. The topological polar surface area (TPSA) is 150 Å². The Morgan fingerprint density at radius 2 is 1.71 bits per heavy atom. The van der Waals surface area contributed by atoms with E-state index >= 15 is 0 Å². The van der Waals surface area contributed by atoms with Gasteiger partial charge >= 0.3 is 12.4 Å². The van der Waals surface area contributed by atoms with Gasteiger partial charge in [-0.15, -0.1) is 0 Å². The summed E-state index contributed by atoms with van der Waals surface area (Å²) in [5, 5.41) is 17.2. The molecule has 2 aromatic rings. The molecule has 1 unspecified atom stereocenters. The molecule has 3 heterocycles. The first-order valence-corrected chi connectivity index (χ1v) is 19.6. The van der Waals surface area contributed by atoms with Crippen molar-refractivity contribution in [3.05, 3.63) is 53.6 Å². The second-order valence-corrected chi connectivity index (χ2v) is 16.0. The van der Waals surface area contributed by atoms with Crippen LogP contribution in [0.4, 0.5) is 43.4 Å². The molecule has 2 atom stereocenters. The highest BCUT2D eigenvalue weighted by Gasteiger charge is 2.53. The summed E-state index contributed by atoms with van der Waals surface area (Å²) in [6, 6.07) is 8.24. The van der Waals surface area contributed by atoms with Crippen LogP contribution in [-0.2, 0) is 30.1 Å². The Morgan fingerprint density at radius 3 is 2.37 bits per heavy atom. The van der Waals surface area contributed by atoms with E-state index < -0.39 is 65.4 Å². The second-order valence-electron chi connectivity index (χ2n) is 15.6. The second kappa shape index (κ2) is 17.4. The largest absolute Gasteiger partial charge is 0.417 e. The SMILES string of the molecule is CC1(C)C(=O)N(c2ccc(C#N)c(C(F)(F)F)c2)C(=S)N1C1CCC(OCCN2CCN(CC(=O)Nc3cccc(NC4CCC(=O)NC4=O)c3)[C@H](C(F)(F)F)C2)CC1. The fraction of sp³-hybridized carbons (Fsp3) is 0.538. The van der Waals surface area contributed by atoms with E-state index in [4.69, 9.17) is 17.0 Å². The molecule has 20 heteroatoms. The highest BCUT2D eigenvalue weighted by Crippen LogP contribution is 2.41. The predicted octanol–water partition coefficient (Wildman–Crippen LogP) is 5.02. The van der Waals surface area contributed by atoms with E-state index in [1.165, 1.54) is 12.1 Å². The van der Waals surface area contributed by atoms with Crippen LogP contribution in [-0.4, -0.2) is 119 Å². The van der Waals surface area contributed by atoms with Gasteiger partial charge in [-0.3, -0.25) is 39.2 Å². The predicted molar refractivity (Wildman–Crippen MR) is 207 cm³/mol. The molecular weight excluding hydrogens is 807 g/mol. The maximum Gasteiger partial charge on any atom is 0.417 e. The first-order valence-electron chi connectivity index (χ1n) is 19.2. The Balaban J connectivity index is 0.971. The molecule has 0 radical (unpaired) electrons. The number of halogens is 6. The molecule has 6 rings (SSSR count). The minimum absolute atomic E-state index is 0.0128. The van der Waals surface area contributed by atoms with Crippen molar-refractivity contribution in [2.75, 3.05) is 54.9 Å². The van der Waals surface area contributed by atoms with Crippen LogP contribution >= 0.6 is 12.2 Å². The number of carbonyl (C=O) groups excluding carboxylic acids is 4. The van der Waals surface area contributed by atoms with Gasteiger partial charge < -0.3 is 20.3 Å². The van der Waals surface area contributed by atoms with Gasteiger partial charge in [-0.25, -0.2) is 0 Å². The average molecular weight is 851 g/mol. The molecule has 3 N–H and O–H groups in total. The number of thiocarbonyl (C=S) groups is 1. The molecule has 0 bridgehead atoms. The van der Waals surface area contributed by atoms with Gasteiger partial charge in [0.25, 0.3) is 5.91 Å². The fourth-order valence-electron chi connectivity index (χ4n) is 8.16. The summed E-state index contributed by atoms with van der Waals surface area (Å²) in [4.78, 5) is 55.7. The zero-order valence-corrected chi connectivity index (χ0v) is 33.1. The number of rotatable bonds is 11. The van der Waals surface area contributed by atoms with Crippen molar-refractivity contribution in [2.45, 2.75) is 94.5 Å². The van der Waals surface area contributed by atoms with Gasteiger partial charge in [0, 0.05) is 50.0 Å². The highest BCUT2D eigenvalue weighted by molar-refractivity contribution is 7.80. The molecule has 1 aliphatic carbocycles. The van der Waals surface area contributed by atoms with Crippen LogP contribution in [0.1, 0.15) is 63.5 Å². The molecule has 318 valence electrons. The molecule has 13 nitrogen and oxygen atoms in total. The number of imide groups is 1. The number of piperazine rings is 1. The van der Waals surface area contributed by atoms with Crippen LogP contribution < -0.4 is 20.9 Å². The van der Waals surface area contributed by atoms with Gasteiger partial charge in [-0.1, -0.05) is 6.07 Å². The number of hydrogen-bond acceptors (Lipinski definition) is 10. The third-order valence-corrected chi connectivity index (χ3v) is 11.6. The van der Waals surface area contributed by atoms with E-state index in [-0.39, 0.29) is 68.1 Å². The van der Waals surface area contributed by atoms with Crippen molar-refractivity contribution in [1.82, 2.24) is 20.0 Å². The number of nitrogens with one attached hydrogen (secondary N) is 3. The van der Waals surface area contributed by atoms with Gasteiger partial charge in [0.15, 0.2) is 5.11 Å². The number of ether oxygens (including phenoxy) is 1. The summed E-state index contributed by atoms with van der Waals surface area (Å²) in [7, 11) is 0. The summed E-state index contributed by atoms with van der Waals surface area (Å²) in [5.74, 6) is -1.96. The molecular formula is C39H44F6N8O5S. The fourth-order valence-corrected chi connectivity index (χ4v) is 8.72. The smallest absolute Gasteiger partial charge is 0.377 e. The number of nitrogens with zero attached hydrogens (tertiary/aromatic N) is 5. The number of hydrogen-bond donors (Lipinski definition) is 3. The van der Waals surface area contributed by atoms with E-state index in [1.807, 2.05) is 0 Å². The molecule has 0 aromatic heterocycles. The van der Waals surface area contributed by atoms with Crippen molar-refractivity contribution in [1.29, 1.82) is 5.26 Å². The monoisotopic (exact) mass is 850 g/mol. The Bertz CT molecular complexity index is 2000. The number of piperidine rings is 1. The van der Waals surface area contributed by atoms with Crippen molar-refractivity contribution in [3.63, 3.8) is 0 Å². The minimum atomic E-state index is -4.82. The molecule has 59 heavy (non-hydrogen) atoms. The van der Waals surface area contributed by atoms with Gasteiger partial charge in [0.2, 0.25) is 17.7 Å². The first kappa shape index (κ1) is 43.7. The molecule has 1 saturated carbocycles. The van der Waals surface area contributed by atoms with E-state index in [9.17, 15) is 50.8 Å². The Labute approximate surface area is 342 Å². The third kappa shape index (κ3) is 9.97. The van der Waals surface area contributed by atoms with Gasteiger partial charge in [0.05, 0.1) is 42.1 Å². The van der Waals surface area contributed by atoms with Crippen LogP contribution in [0.5, 0.6) is 0 Å². The van der Waals surface area contributed by atoms with Crippen molar-refractivity contribution in [2.24, 2.45) is 0 Å². The zero-order chi connectivity index (χ0) is 42.9. The number of nitriles is 1. The molecule has 4 fully saturated rings. The van der Waals surface area contributed by atoms with Gasteiger partial charge in [0.1, 0.15) is 17.6 Å². The van der Waals surface area contributed by atoms with E-state index in [0.717, 1.165) is 21.9 Å². The van der Waals surface area contributed by atoms with Crippen LogP contribution in [0.15, 0.2) is 42.5 Å². The van der Waals surface area contributed by atoms with Crippen LogP contribution in [0.2, 0.25) is 0 Å². The number of amides is 4. The number of carbonyl (C=O) groups is 4. The van der Waals surface area contributed by atoms with Crippen molar-refractivity contribution >= 4 is 58.0 Å². The minimum Gasteiger partial charge on any atom is -0.377 e. The lowest BCUT2D eigenvalue weighted by atomic mass is 9.89. The van der Waals surface area contributed by atoms with Crippen LogP contribution in [0, 0.1) is 11.3 Å². The van der Waals surface area contributed by atoms with Gasteiger partial charge in [-0.2, -0.15) is 31.6 Å². The summed E-state index contributed by atoms with van der Waals surface area (Å²) in [6.45, 7) is 3.13. The summed E-state index contributed by atoms with van der Waals surface area (Å²) >= 11 is 5.67. The van der Waals surface area contributed by atoms with E-state index in [1.54, 1.807) is 47.9 Å². The number of benzene rings is 2. The zero-order valence-electron chi connectivity index (χ0n) is 32.3. The standard InChI is InChI=1S/C39H44F6N8O5S/c1-37(2)35(57)52(27-7-6-23(20-46)29(19-27)38(40,41)42)36(59)53(37)26-8-10-28(11-9-26)58-17-16-50-14-15-51(31(21-50)39(43,44)45)22-33(55)48-25-5-3-4-24(18-25)47-30-12-13-32(54)49-34(30)56/h3-7,18-19,26,28,30-31,47H,8-17,21-22H2,1-2H3,(H,48,55)(H,49,54,56)/t26?,28?,30?,31-/m0/s1. The Hall–Kier alpha value is -4.84. The van der Waals surface area contributed by atoms with Crippen LogP contribution in [0.3, 0.4) is 0 Å². The third-order valence-electron chi connectivity index (χ3n) is 11.2. The number of anilines is 3. The van der Waals surface area contributed by atoms with Gasteiger partial charge in [-0.05, 0) is 94.6 Å². The highest BCUT2D eigenvalue weighted by atomic mass is 32.1. The molecule has 2 aromatic carbocycles. The summed E-state index contributed by atoms with van der Waals surface area (Å²) < 4.78 is 90.1. The Morgan fingerprint density at radius 1 is 1.00 bits per heavy atom. The molecule has 4 aliphatic rings. The maximum absolute atomic E-state index is 14.3. The summed E-state index contributed by atoms with van der Waals surface area (Å²) in [5.41, 5.74) is -2.16. The molecule has 3 saturated heterocycles. The summed E-state index contributed by atoms with van der Waals surface area (Å²) in [6.07, 6.45) is -6.93. The molecule has 3 aliphatic heterocycles. The van der Waals surface area contributed by atoms with Crippen molar-refractivity contribution in [3.8, 4) is 6.07 Å².